The summed E-state index contributed by atoms with van der Waals surface area (Å²) in [6, 6.07) is 13.5. The van der Waals surface area contributed by atoms with E-state index in [0.29, 0.717) is 18.2 Å². The molecule has 0 saturated heterocycles. The highest BCUT2D eigenvalue weighted by Gasteiger charge is 2.12. The van der Waals surface area contributed by atoms with Gasteiger partial charge < -0.3 is 10.1 Å². The average molecular weight is 365 g/mol. The summed E-state index contributed by atoms with van der Waals surface area (Å²) in [6.45, 7) is 2.94. The Kier molecular flexibility index (Phi) is 7.22. The van der Waals surface area contributed by atoms with Gasteiger partial charge in [-0.1, -0.05) is 35.9 Å². The van der Waals surface area contributed by atoms with Gasteiger partial charge in [0.1, 0.15) is 6.61 Å². The molecule has 0 aliphatic rings. The number of benzene rings is 2. The highest BCUT2D eigenvalue weighted by molar-refractivity contribution is 6.30. The fraction of sp³-hybridized carbons (Fsp3) is 0.316. The van der Waals surface area contributed by atoms with Gasteiger partial charge in [-0.25, -0.2) is 4.39 Å². The quantitative estimate of drug-likeness (QED) is 0.777. The molecule has 134 valence electrons. The largest absolute Gasteiger partial charge is 0.489 e. The number of nitrogens with one attached hydrogen (secondary N) is 1. The molecule has 4 nitrogen and oxygen atoms in total. The lowest BCUT2D eigenvalue weighted by Gasteiger charge is -2.19. The maximum absolute atomic E-state index is 13.4. The summed E-state index contributed by atoms with van der Waals surface area (Å²) in [5.41, 5.74) is 0.950. The number of likely N-dealkylation sites (N-methyl/N-ethyl adjacent to an activating group) is 1. The summed E-state index contributed by atoms with van der Waals surface area (Å²) in [5, 5.41) is 3.57. The van der Waals surface area contributed by atoms with Crippen LogP contribution in [0.25, 0.3) is 0 Å². The first-order valence-corrected chi connectivity index (χ1v) is 8.44. The average Bonchev–Trinajstić information content (AvgIpc) is 2.56. The first-order valence-electron chi connectivity index (χ1n) is 8.06. The normalized spacial score (nSPS) is 12.0. The van der Waals surface area contributed by atoms with Crippen LogP contribution in [0.3, 0.4) is 0 Å². The number of rotatable bonds is 8. The molecular weight excluding hydrogens is 343 g/mol. The Balaban J connectivity index is 1.73. The molecule has 0 fully saturated rings. The van der Waals surface area contributed by atoms with Gasteiger partial charge >= 0.3 is 0 Å². The van der Waals surface area contributed by atoms with Crippen molar-refractivity contribution < 1.29 is 13.9 Å². The number of hydrogen-bond acceptors (Lipinski definition) is 3. The van der Waals surface area contributed by atoms with Crippen LogP contribution < -0.4 is 10.1 Å². The molecule has 0 radical (unpaired) electrons. The lowest BCUT2D eigenvalue weighted by Crippen LogP contribution is -2.38. The van der Waals surface area contributed by atoms with Crippen LogP contribution in [0.15, 0.2) is 48.5 Å². The summed E-state index contributed by atoms with van der Waals surface area (Å²) in [7, 11) is 1.81. The molecule has 0 bridgehead atoms. The molecular formula is C19H22ClFN2O2. The van der Waals surface area contributed by atoms with Crippen LogP contribution in [-0.2, 0) is 4.79 Å². The molecule has 0 aromatic heterocycles. The minimum absolute atomic E-state index is 0.0964. The second kappa shape index (κ2) is 9.39. The van der Waals surface area contributed by atoms with Crippen molar-refractivity contribution in [2.75, 3.05) is 26.7 Å². The highest BCUT2D eigenvalue weighted by Crippen LogP contribution is 2.17. The zero-order valence-electron chi connectivity index (χ0n) is 14.3. The maximum Gasteiger partial charge on any atom is 0.234 e. The van der Waals surface area contributed by atoms with E-state index in [0.717, 1.165) is 5.56 Å². The Hall–Kier alpha value is -2.11. The van der Waals surface area contributed by atoms with Crippen molar-refractivity contribution in [2.24, 2.45) is 0 Å². The molecule has 25 heavy (non-hydrogen) atoms. The maximum atomic E-state index is 13.4. The Labute approximate surface area is 152 Å². The van der Waals surface area contributed by atoms with E-state index < -0.39 is 5.82 Å². The zero-order chi connectivity index (χ0) is 18.2. The first-order chi connectivity index (χ1) is 12.0. The standard InChI is InChI=1S/C19H22ClFN2O2/c1-14(15-6-5-7-16(20)12-15)22-19(24)13-23(2)10-11-25-18-9-4-3-8-17(18)21/h3-9,12,14H,10-11,13H2,1-2H3,(H,22,24). The van der Waals surface area contributed by atoms with Crippen molar-refractivity contribution in [3.8, 4) is 5.75 Å². The number of para-hydroxylation sites is 1. The van der Waals surface area contributed by atoms with Crippen molar-refractivity contribution in [2.45, 2.75) is 13.0 Å². The third kappa shape index (κ3) is 6.36. The van der Waals surface area contributed by atoms with Gasteiger partial charge in [-0.05, 0) is 43.8 Å². The minimum Gasteiger partial charge on any atom is -0.489 e. The fourth-order valence-electron chi connectivity index (χ4n) is 2.34. The van der Waals surface area contributed by atoms with Gasteiger partial charge in [-0.15, -0.1) is 0 Å². The van der Waals surface area contributed by atoms with Crippen LogP contribution in [0.2, 0.25) is 5.02 Å². The van der Waals surface area contributed by atoms with Gasteiger partial charge in [-0.2, -0.15) is 0 Å². The molecule has 6 heteroatoms. The molecule has 2 aromatic rings. The predicted octanol–water partition coefficient (Wildman–Crippen LogP) is 3.67. The summed E-state index contributed by atoms with van der Waals surface area (Å²) < 4.78 is 18.8. The van der Waals surface area contributed by atoms with E-state index in [-0.39, 0.29) is 24.2 Å². The Morgan fingerprint density at radius 1 is 1.28 bits per heavy atom. The lowest BCUT2D eigenvalue weighted by molar-refractivity contribution is -0.122. The van der Waals surface area contributed by atoms with Gasteiger partial charge in [0.15, 0.2) is 11.6 Å². The molecule has 2 aromatic carbocycles. The summed E-state index contributed by atoms with van der Waals surface area (Å²) >= 11 is 5.97. The third-order valence-electron chi connectivity index (χ3n) is 3.71. The summed E-state index contributed by atoms with van der Waals surface area (Å²) in [4.78, 5) is 13.9. The van der Waals surface area contributed by atoms with Crippen LogP contribution >= 0.6 is 11.6 Å². The van der Waals surface area contributed by atoms with Gasteiger partial charge in [0.25, 0.3) is 0 Å². The van der Waals surface area contributed by atoms with Crippen molar-refractivity contribution in [3.05, 3.63) is 64.9 Å². The number of nitrogens with zero attached hydrogens (tertiary/aromatic N) is 1. The molecule has 0 aliphatic heterocycles. The molecule has 1 N–H and O–H groups in total. The smallest absolute Gasteiger partial charge is 0.234 e. The number of amides is 1. The molecule has 2 rings (SSSR count). The van der Waals surface area contributed by atoms with Crippen LogP contribution in [0.1, 0.15) is 18.5 Å². The number of hydrogen-bond donors (Lipinski definition) is 1. The van der Waals surface area contributed by atoms with Gasteiger partial charge in [0.05, 0.1) is 12.6 Å². The second-order valence-electron chi connectivity index (χ2n) is 5.86. The molecule has 1 atom stereocenters. The Morgan fingerprint density at radius 2 is 2.04 bits per heavy atom. The topological polar surface area (TPSA) is 41.6 Å². The molecule has 0 heterocycles. The molecule has 0 saturated carbocycles. The second-order valence-corrected chi connectivity index (χ2v) is 6.30. The van der Waals surface area contributed by atoms with Crippen molar-refractivity contribution in [1.82, 2.24) is 10.2 Å². The van der Waals surface area contributed by atoms with E-state index in [1.165, 1.54) is 6.07 Å². The van der Waals surface area contributed by atoms with Crippen LogP contribution in [0, 0.1) is 5.82 Å². The van der Waals surface area contributed by atoms with Crippen molar-refractivity contribution in [3.63, 3.8) is 0 Å². The van der Waals surface area contributed by atoms with E-state index in [1.54, 1.807) is 24.3 Å². The van der Waals surface area contributed by atoms with E-state index in [1.807, 2.05) is 37.1 Å². The number of halogens is 2. The first kappa shape index (κ1) is 19.2. The highest BCUT2D eigenvalue weighted by atomic mass is 35.5. The molecule has 0 aliphatic carbocycles. The number of carbonyl (C=O) groups excluding carboxylic acids is 1. The van der Waals surface area contributed by atoms with Crippen molar-refractivity contribution in [1.29, 1.82) is 0 Å². The van der Waals surface area contributed by atoms with Gasteiger partial charge in [0, 0.05) is 11.6 Å². The monoisotopic (exact) mass is 364 g/mol. The SMILES string of the molecule is CC(NC(=O)CN(C)CCOc1ccccc1F)c1cccc(Cl)c1. The zero-order valence-corrected chi connectivity index (χ0v) is 15.1. The Bertz CT molecular complexity index is 711. The summed E-state index contributed by atoms with van der Waals surface area (Å²) in [6.07, 6.45) is 0. The molecule has 0 spiro atoms. The van der Waals surface area contributed by atoms with Crippen LogP contribution in [-0.4, -0.2) is 37.6 Å². The Morgan fingerprint density at radius 3 is 2.76 bits per heavy atom. The van der Waals surface area contributed by atoms with Crippen molar-refractivity contribution >= 4 is 17.5 Å². The third-order valence-corrected chi connectivity index (χ3v) is 3.94. The molecule has 1 unspecified atom stereocenters. The van der Waals surface area contributed by atoms with E-state index in [4.69, 9.17) is 16.3 Å². The fourth-order valence-corrected chi connectivity index (χ4v) is 2.54. The van der Waals surface area contributed by atoms with Crippen LogP contribution in [0.5, 0.6) is 5.75 Å². The molecule has 1 amide bonds. The van der Waals surface area contributed by atoms with E-state index >= 15 is 0 Å². The van der Waals surface area contributed by atoms with Gasteiger partial charge in [-0.3, -0.25) is 9.69 Å². The van der Waals surface area contributed by atoms with E-state index in [9.17, 15) is 9.18 Å². The van der Waals surface area contributed by atoms with E-state index in [2.05, 4.69) is 5.32 Å². The predicted molar refractivity (Wildman–Crippen MR) is 97.4 cm³/mol. The minimum atomic E-state index is -0.391. The number of ether oxygens (including phenoxy) is 1. The van der Waals surface area contributed by atoms with Crippen LogP contribution in [0.4, 0.5) is 4.39 Å². The lowest BCUT2D eigenvalue weighted by atomic mass is 10.1. The van der Waals surface area contributed by atoms with Gasteiger partial charge in [0.2, 0.25) is 5.91 Å². The summed E-state index contributed by atoms with van der Waals surface area (Å²) in [5.74, 6) is -0.269. The number of carbonyl (C=O) groups is 1.